The Morgan fingerprint density at radius 1 is 1.29 bits per heavy atom. The standard InChI is InChI=1S/C21H22Cl2N4O4/c1-21(2,19-24-6-5-12(10-28)26-19)20(31)25-9-11-7-14(22)17(15(23)8-11)13-3-4-16(29)27-18(13)30/h5-8,13,28H,3-4,9-10H2,1-2H3,(H,25,31)(H,27,29,30). The summed E-state index contributed by atoms with van der Waals surface area (Å²) in [7, 11) is 0. The van der Waals surface area contributed by atoms with Crippen molar-refractivity contribution in [3.05, 3.63) is 57.1 Å². The van der Waals surface area contributed by atoms with E-state index in [0.717, 1.165) is 0 Å². The number of aliphatic hydroxyl groups excluding tert-OH is 1. The zero-order valence-corrected chi connectivity index (χ0v) is 18.5. The second-order valence-corrected chi connectivity index (χ2v) is 8.63. The van der Waals surface area contributed by atoms with Gasteiger partial charge in [-0.2, -0.15) is 0 Å². The fraction of sp³-hybridized carbons (Fsp3) is 0.381. The van der Waals surface area contributed by atoms with E-state index >= 15 is 0 Å². The molecule has 0 radical (unpaired) electrons. The van der Waals surface area contributed by atoms with Crippen molar-refractivity contribution in [1.29, 1.82) is 0 Å². The highest BCUT2D eigenvalue weighted by Gasteiger charge is 2.34. The molecule has 0 bridgehead atoms. The molecule has 1 atom stereocenters. The van der Waals surface area contributed by atoms with Crippen LogP contribution in [0.25, 0.3) is 0 Å². The van der Waals surface area contributed by atoms with Gasteiger partial charge in [0.15, 0.2) is 0 Å². The summed E-state index contributed by atoms with van der Waals surface area (Å²) in [6.45, 7) is 3.27. The molecule has 8 nitrogen and oxygen atoms in total. The normalized spacial score (nSPS) is 16.7. The van der Waals surface area contributed by atoms with E-state index in [1.54, 1.807) is 32.0 Å². The molecule has 1 saturated heterocycles. The number of aromatic nitrogens is 2. The number of carbonyl (C=O) groups is 3. The van der Waals surface area contributed by atoms with Gasteiger partial charge in [-0.25, -0.2) is 9.97 Å². The molecule has 0 aliphatic carbocycles. The van der Waals surface area contributed by atoms with E-state index in [4.69, 9.17) is 23.2 Å². The third kappa shape index (κ3) is 5.03. The molecule has 3 amide bonds. The lowest BCUT2D eigenvalue weighted by molar-refractivity contribution is -0.134. The van der Waals surface area contributed by atoms with Crippen molar-refractivity contribution < 1.29 is 19.5 Å². The SMILES string of the molecule is CC(C)(C(=O)NCc1cc(Cl)c(C2CCC(=O)NC2=O)c(Cl)c1)c1nccc(CO)n1. The number of imide groups is 1. The average Bonchev–Trinajstić information content (AvgIpc) is 2.73. The van der Waals surface area contributed by atoms with Gasteiger partial charge in [-0.3, -0.25) is 19.7 Å². The first-order chi connectivity index (χ1) is 14.6. The van der Waals surface area contributed by atoms with Gasteiger partial charge < -0.3 is 10.4 Å². The van der Waals surface area contributed by atoms with Crippen molar-refractivity contribution in [2.24, 2.45) is 0 Å². The highest BCUT2D eigenvalue weighted by molar-refractivity contribution is 6.36. The summed E-state index contributed by atoms with van der Waals surface area (Å²) in [6.07, 6.45) is 2.05. The molecular formula is C21H22Cl2N4O4. The number of piperidine rings is 1. The predicted molar refractivity (Wildman–Crippen MR) is 114 cm³/mol. The Morgan fingerprint density at radius 2 is 1.97 bits per heavy atom. The molecule has 1 aromatic carbocycles. The Bertz CT molecular complexity index is 1020. The minimum atomic E-state index is -1.04. The van der Waals surface area contributed by atoms with Crippen molar-refractivity contribution in [3.8, 4) is 0 Å². The maximum atomic E-state index is 12.8. The summed E-state index contributed by atoms with van der Waals surface area (Å²) in [5.74, 6) is -1.36. The van der Waals surface area contributed by atoms with Gasteiger partial charge in [0.25, 0.3) is 0 Å². The van der Waals surface area contributed by atoms with Gasteiger partial charge in [0.1, 0.15) is 11.2 Å². The number of hydrogen-bond donors (Lipinski definition) is 3. The fourth-order valence-corrected chi connectivity index (χ4v) is 4.13. The van der Waals surface area contributed by atoms with Crippen LogP contribution in [0.5, 0.6) is 0 Å². The van der Waals surface area contributed by atoms with E-state index in [9.17, 15) is 19.5 Å². The lowest BCUT2D eigenvalue weighted by atomic mass is 9.89. The fourth-order valence-electron chi connectivity index (χ4n) is 3.33. The molecule has 2 aromatic rings. The topological polar surface area (TPSA) is 121 Å². The van der Waals surface area contributed by atoms with Crippen LogP contribution < -0.4 is 10.6 Å². The van der Waals surface area contributed by atoms with E-state index in [1.165, 1.54) is 6.20 Å². The van der Waals surface area contributed by atoms with Gasteiger partial charge in [-0.15, -0.1) is 0 Å². The number of aliphatic hydroxyl groups is 1. The Hall–Kier alpha value is -2.55. The Kier molecular flexibility index (Phi) is 6.93. The summed E-state index contributed by atoms with van der Waals surface area (Å²) >= 11 is 12.8. The summed E-state index contributed by atoms with van der Waals surface area (Å²) in [6, 6.07) is 4.86. The maximum Gasteiger partial charge on any atom is 0.234 e. The summed E-state index contributed by atoms with van der Waals surface area (Å²) in [5.41, 5.74) is 0.512. The van der Waals surface area contributed by atoms with Gasteiger partial charge in [0.2, 0.25) is 17.7 Å². The molecule has 3 rings (SSSR count). The molecule has 2 heterocycles. The smallest absolute Gasteiger partial charge is 0.234 e. The first-order valence-electron chi connectivity index (χ1n) is 9.66. The summed E-state index contributed by atoms with van der Waals surface area (Å²) in [5, 5.41) is 15.0. The van der Waals surface area contributed by atoms with E-state index in [-0.39, 0.29) is 31.4 Å². The molecular weight excluding hydrogens is 443 g/mol. The van der Waals surface area contributed by atoms with Gasteiger partial charge in [0, 0.05) is 34.8 Å². The van der Waals surface area contributed by atoms with E-state index in [2.05, 4.69) is 20.6 Å². The first kappa shape index (κ1) is 23.1. The molecule has 1 aliphatic rings. The second-order valence-electron chi connectivity index (χ2n) is 7.81. The monoisotopic (exact) mass is 464 g/mol. The van der Waals surface area contributed by atoms with Gasteiger partial charge in [-0.05, 0) is 44.0 Å². The minimum Gasteiger partial charge on any atom is -0.390 e. The number of rotatable bonds is 6. The van der Waals surface area contributed by atoms with Crippen LogP contribution in [0.2, 0.25) is 10.0 Å². The third-order valence-electron chi connectivity index (χ3n) is 5.18. The third-order valence-corrected chi connectivity index (χ3v) is 5.81. The summed E-state index contributed by atoms with van der Waals surface area (Å²) < 4.78 is 0. The van der Waals surface area contributed by atoms with E-state index in [0.29, 0.717) is 39.1 Å². The minimum absolute atomic E-state index is 0.150. The quantitative estimate of drug-likeness (QED) is 0.564. The molecule has 1 aromatic heterocycles. The van der Waals surface area contributed by atoms with E-state index < -0.39 is 17.2 Å². The lowest BCUT2D eigenvalue weighted by Gasteiger charge is -2.24. The van der Waals surface area contributed by atoms with Crippen LogP contribution in [-0.2, 0) is 33.0 Å². The largest absolute Gasteiger partial charge is 0.390 e. The van der Waals surface area contributed by atoms with Crippen LogP contribution in [0.15, 0.2) is 24.4 Å². The molecule has 31 heavy (non-hydrogen) atoms. The average molecular weight is 465 g/mol. The van der Waals surface area contributed by atoms with Crippen molar-refractivity contribution in [2.75, 3.05) is 0 Å². The van der Waals surface area contributed by atoms with Crippen LogP contribution in [-0.4, -0.2) is 32.8 Å². The molecule has 10 heteroatoms. The number of amides is 3. The number of benzene rings is 1. The number of hydrogen-bond acceptors (Lipinski definition) is 6. The zero-order chi connectivity index (χ0) is 22.8. The first-order valence-corrected chi connectivity index (χ1v) is 10.4. The maximum absolute atomic E-state index is 12.8. The molecule has 0 spiro atoms. The Balaban J connectivity index is 1.74. The van der Waals surface area contributed by atoms with Gasteiger partial charge in [0.05, 0.1) is 18.2 Å². The molecule has 0 saturated carbocycles. The van der Waals surface area contributed by atoms with Crippen LogP contribution in [0.1, 0.15) is 55.3 Å². The van der Waals surface area contributed by atoms with Crippen LogP contribution in [0.3, 0.4) is 0 Å². The zero-order valence-electron chi connectivity index (χ0n) is 17.0. The van der Waals surface area contributed by atoms with Crippen molar-refractivity contribution in [2.45, 2.75) is 51.2 Å². The summed E-state index contributed by atoms with van der Waals surface area (Å²) in [4.78, 5) is 44.7. The molecule has 3 N–H and O–H groups in total. The number of halogens is 2. The Morgan fingerprint density at radius 3 is 2.58 bits per heavy atom. The van der Waals surface area contributed by atoms with Crippen molar-refractivity contribution >= 4 is 40.9 Å². The van der Waals surface area contributed by atoms with E-state index in [1.807, 2.05) is 0 Å². The van der Waals surface area contributed by atoms with Gasteiger partial charge in [-0.1, -0.05) is 23.2 Å². The van der Waals surface area contributed by atoms with Crippen LogP contribution in [0, 0.1) is 0 Å². The number of carbonyl (C=O) groups excluding carboxylic acids is 3. The number of nitrogens with one attached hydrogen (secondary N) is 2. The molecule has 1 aliphatic heterocycles. The highest BCUT2D eigenvalue weighted by atomic mass is 35.5. The Labute approximate surface area is 189 Å². The molecule has 1 unspecified atom stereocenters. The molecule has 164 valence electrons. The predicted octanol–water partition coefficient (Wildman–Crippen LogP) is 2.39. The van der Waals surface area contributed by atoms with Crippen molar-refractivity contribution in [3.63, 3.8) is 0 Å². The van der Waals surface area contributed by atoms with Crippen LogP contribution in [0.4, 0.5) is 0 Å². The second kappa shape index (κ2) is 9.30. The van der Waals surface area contributed by atoms with Crippen LogP contribution >= 0.6 is 23.2 Å². The lowest BCUT2D eigenvalue weighted by Crippen LogP contribution is -2.41. The molecule has 1 fully saturated rings. The van der Waals surface area contributed by atoms with Crippen molar-refractivity contribution in [1.82, 2.24) is 20.6 Å². The number of nitrogens with zero attached hydrogens (tertiary/aromatic N) is 2. The van der Waals surface area contributed by atoms with Gasteiger partial charge >= 0.3 is 0 Å². The highest BCUT2D eigenvalue weighted by Crippen LogP contribution is 2.37.